The molecule has 0 bridgehead atoms. The lowest BCUT2D eigenvalue weighted by Crippen LogP contribution is -2.01. The van der Waals surface area contributed by atoms with Gasteiger partial charge in [0, 0.05) is 60.4 Å². The molecule has 0 radical (unpaired) electrons. The van der Waals surface area contributed by atoms with Crippen molar-refractivity contribution in [3.63, 3.8) is 0 Å². The van der Waals surface area contributed by atoms with Gasteiger partial charge in [-0.15, -0.1) is 0 Å². The first-order valence-electron chi connectivity index (χ1n) is 23.4. The smallest absolute Gasteiger partial charge is 0.160 e. The Balaban J connectivity index is 1.02. The van der Waals surface area contributed by atoms with Crippen LogP contribution in [-0.2, 0) is 0 Å². The van der Waals surface area contributed by atoms with Crippen LogP contribution in [0.1, 0.15) is 0 Å². The van der Waals surface area contributed by atoms with Gasteiger partial charge in [0.1, 0.15) is 0 Å². The number of fused-ring (bicyclic) bond motifs is 7. The Bertz CT molecular complexity index is 3890. The summed E-state index contributed by atoms with van der Waals surface area (Å²) in [6.07, 6.45) is 0. The number of pyridine rings is 1. The van der Waals surface area contributed by atoms with Gasteiger partial charge < -0.3 is 4.57 Å². The van der Waals surface area contributed by atoms with Crippen molar-refractivity contribution in [2.45, 2.75) is 0 Å². The van der Waals surface area contributed by atoms with Gasteiger partial charge in [0.05, 0.1) is 33.6 Å². The lowest BCUT2D eigenvalue weighted by atomic mass is 9.91. The average molecular weight is 879 g/mol. The summed E-state index contributed by atoms with van der Waals surface area (Å²) in [5.74, 6) is 0.673. The van der Waals surface area contributed by atoms with Gasteiger partial charge >= 0.3 is 0 Å². The van der Waals surface area contributed by atoms with Crippen molar-refractivity contribution in [1.29, 1.82) is 0 Å². The van der Waals surface area contributed by atoms with Gasteiger partial charge in [-0.2, -0.15) is 0 Å². The first-order chi connectivity index (χ1) is 34.2. The summed E-state index contributed by atoms with van der Waals surface area (Å²) >= 11 is 0. The van der Waals surface area contributed by atoms with Crippen LogP contribution in [0.25, 0.3) is 128 Å². The quantitative estimate of drug-likeness (QED) is 0.143. The van der Waals surface area contributed by atoms with Crippen molar-refractivity contribution in [3.05, 3.63) is 255 Å². The van der Waals surface area contributed by atoms with E-state index in [1.54, 1.807) is 0 Å². The van der Waals surface area contributed by atoms with Crippen LogP contribution in [0, 0.1) is 0 Å². The fourth-order valence-corrected chi connectivity index (χ4v) is 10.1. The molecule has 13 aromatic rings. The molecule has 4 heteroatoms. The van der Waals surface area contributed by atoms with Gasteiger partial charge in [0.2, 0.25) is 0 Å². The largest absolute Gasteiger partial charge is 0.309 e. The Morgan fingerprint density at radius 1 is 0.246 bits per heavy atom. The third kappa shape index (κ3) is 7.06. The molecule has 0 unspecified atom stereocenters. The maximum atomic E-state index is 5.45. The Labute approximate surface area is 400 Å². The Hall–Kier alpha value is -9.25. The highest BCUT2D eigenvalue weighted by molar-refractivity contribution is 6.29. The molecule has 0 aliphatic carbocycles. The average Bonchev–Trinajstić information content (AvgIpc) is 3.78. The van der Waals surface area contributed by atoms with Gasteiger partial charge in [-0.25, -0.2) is 15.0 Å². The zero-order valence-electron chi connectivity index (χ0n) is 37.5. The number of para-hydroxylation sites is 3. The van der Waals surface area contributed by atoms with E-state index in [-0.39, 0.29) is 0 Å². The number of benzene rings is 10. The van der Waals surface area contributed by atoms with Crippen LogP contribution in [0.4, 0.5) is 0 Å². The Kier molecular flexibility index (Phi) is 9.80. The summed E-state index contributed by atoms with van der Waals surface area (Å²) in [4.78, 5) is 16.3. The van der Waals surface area contributed by atoms with Crippen LogP contribution in [-0.4, -0.2) is 19.5 Å². The molecule has 3 aromatic heterocycles. The summed E-state index contributed by atoms with van der Waals surface area (Å²) in [5.41, 5.74) is 17.7. The van der Waals surface area contributed by atoms with Crippen molar-refractivity contribution in [2.24, 2.45) is 0 Å². The molecular weight excluding hydrogens is 837 g/mol. The third-order valence-corrected chi connectivity index (χ3v) is 13.4. The Morgan fingerprint density at radius 2 is 0.681 bits per heavy atom. The van der Waals surface area contributed by atoms with Gasteiger partial charge in [0.15, 0.2) is 5.82 Å². The minimum atomic E-state index is 0.673. The van der Waals surface area contributed by atoms with Crippen LogP contribution in [0.5, 0.6) is 0 Å². The van der Waals surface area contributed by atoms with Crippen molar-refractivity contribution < 1.29 is 0 Å². The molecule has 0 spiro atoms. The third-order valence-electron chi connectivity index (χ3n) is 13.4. The van der Waals surface area contributed by atoms with E-state index >= 15 is 0 Å². The Morgan fingerprint density at radius 3 is 1.26 bits per heavy atom. The summed E-state index contributed by atoms with van der Waals surface area (Å²) < 4.78 is 2.39. The maximum Gasteiger partial charge on any atom is 0.160 e. The van der Waals surface area contributed by atoms with E-state index in [0.717, 1.165) is 83.6 Å². The highest BCUT2D eigenvalue weighted by atomic mass is 15.0. The molecule has 322 valence electrons. The molecule has 0 fully saturated rings. The van der Waals surface area contributed by atoms with E-state index in [0.29, 0.717) is 5.82 Å². The number of rotatable bonds is 8. The van der Waals surface area contributed by atoms with Crippen molar-refractivity contribution in [1.82, 2.24) is 19.5 Å². The molecule has 13 rings (SSSR count). The topological polar surface area (TPSA) is 43.6 Å². The van der Waals surface area contributed by atoms with Gasteiger partial charge in [-0.05, 0) is 58.1 Å². The zero-order chi connectivity index (χ0) is 45.7. The summed E-state index contributed by atoms with van der Waals surface area (Å²) in [6.45, 7) is 0. The predicted molar refractivity (Wildman–Crippen MR) is 287 cm³/mol. The lowest BCUT2D eigenvalue weighted by molar-refractivity contribution is 1.18. The zero-order valence-corrected chi connectivity index (χ0v) is 37.5. The lowest BCUT2D eigenvalue weighted by Gasteiger charge is -2.18. The van der Waals surface area contributed by atoms with E-state index in [2.05, 4.69) is 241 Å². The van der Waals surface area contributed by atoms with Crippen LogP contribution >= 0.6 is 0 Å². The molecule has 0 atom stereocenters. The van der Waals surface area contributed by atoms with Crippen LogP contribution in [0.15, 0.2) is 255 Å². The van der Waals surface area contributed by atoms with E-state index in [9.17, 15) is 0 Å². The highest BCUT2D eigenvalue weighted by Crippen LogP contribution is 2.44. The van der Waals surface area contributed by atoms with Crippen LogP contribution < -0.4 is 0 Å². The highest BCUT2D eigenvalue weighted by Gasteiger charge is 2.23. The molecule has 10 aromatic carbocycles. The second-order valence-electron chi connectivity index (χ2n) is 17.5. The number of hydrogen-bond acceptors (Lipinski definition) is 3. The molecule has 3 heterocycles. The fourth-order valence-electron chi connectivity index (χ4n) is 10.1. The van der Waals surface area contributed by atoms with Gasteiger partial charge in [-0.3, -0.25) is 0 Å². The molecule has 0 saturated carbocycles. The first-order valence-corrected chi connectivity index (χ1v) is 23.4. The minimum Gasteiger partial charge on any atom is -0.309 e. The number of nitrogens with zero attached hydrogens (tertiary/aromatic N) is 4. The van der Waals surface area contributed by atoms with E-state index < -0.39 is 0 Å². The molecule has 0 aliphatic rings. The predicted octanol–water partition coefficient (Wildman–Crippen LogP) is 16.9. The molecule has 0 aliphatic heterocycles. The van der Waals surface area contributed by atoms with E-state index in [1.165, 1.54) is 38.3 Å². The standard InChI is InChI=1S/C65H42N4/c1-5-17-43(18-6-1)45-29-35-49(36-30-45)63-59(64(68-65(67-63)51-21-9-3-10-22-51)50-37-31-46(32-38-50)44-19-7-2-8-20-44)47-33-39-48(40-34-47)62-55-41-42-58-61(60(55)53-25-13-15-27-56(53)66-62)54-26-14-16-28-57(54)69(58)52-23-11-4-12-24-52/h1-42H. The second-order valence-corrected chi connectivity index (χ2v) is 17.5. The maximum absolute atomic E-state index is 5.45. The monoisotopic (exact) mass is 878 g/mol. The van der Waals surface area contributed by atoms with Crippen LogP contribution in [0.2, 0.25) is 0 Å². The summed E-state index contributed by atoms with van der Waals surface area (Å²) in [7, 11) is 0. The van der Waals surface area contributed by atoms with Crippen molar-refractivity contribution in [2.75, 3.05) is 0 Å². The van der Waals surface area contributed by atoms with Gasteiger partial charge in [-0.1, -0.05) is 224 Å². The molecule has 0 N–H and O–H groups in total. The fraction of sp³-hybridized carbons (Fsp3) is 0. The molecular formula is C65H42N4. The van der Waals surface area contributed by atoms with Gasteiger partial charge in [0.25, 0.3) is 0 Å². The second kappa shape index (κ2) is 16.9. The van der Waals surface area contributed by atoms with Crippen LogP contribution in [0.3, 0.4) is 0 Å². The SMILES string of the molecule is c1ccc(-c2ccc(-c3nc(-c4ccccc4)nc(-c4ccc(-c5ccccc5)cc4)c3-c3ccc(-c4nc5ccccc5c5c4ccc4c5c5ccccc5n4-c4ccccc4)cc3)cc2)cc1. The van der Waals surface area contributed by atoms with Crippen molar-refractivity contribution >= 4 is 43.5 Å². The van der Waals surface area contributed by atoms with E-state index in [1.807, 2.05) is 18.2 Å². The molecule has 0 saturated heterocycles. The van der Waals surface area contributed by atoms with Crippen molar-refractivity contribution in [3.8, 4) is 84.2 Å². The summed E-state index contributed by atoms with van der Waals surface area (Å²) in [6, 6.07) is 90.3. The first kappa shape index (κ1) is 40.1. The molecule has 0 amide bonds. The minimum absolute atomic E-state index is 0.673. The molecule has 69 heavy (non-hydrogen) atoms. The number of aromatic nitrogens is 4. The normalized spacial score (nSPS) is 11.5. The number of hydrogen-bond donors (Lipinski definition) is 0. The summed E-state index contributed by atoms with van der Waals surface area (Å²) in [5, 5.41) is 5.89. The van der Waals surface area contributed by atoms with E-state index in [4.69, 9.17) is 15.0 Å². The molecule has 4 nitrogen and oxygen atoms in total.